The molecule has 0 saturated carbocycles. The first-order valence-electron chi connectivity index (χ1n) is 11.0. The third-order valence-corrected chi connectivity index (χ3v) is 7.30. The Morgan fingerprint density at radius 2 is 2.09 bits per heavy atom. The molecule has 172 valence electrons. The Morgan fingerprint density at radius 3 is 2.85 bits per heavy atom. The van der Waals surface area contributed by atoms with Crippen LogP contribution in [-0.2, 0) is 17.9 Å². The second-order valence-corrected chi connectivity index (χ2v) is 9.74. The van der Waals surface area contributed by atoms with E-state index in [2.05, 4.69) is 4.90 Å². The Balaban J connectivity index is 1.43. The summed E-state index contributed by atoms with van der Waals surface area (Å²) in [5, 5.41) is 14.2. The Labute approximate surface area is 193 Å². The van der Waals surface area contributed by atoms with E-state index in [9.17, 15) is 19.5 Å². The Bertz CT molecular complexity index is 1300. The van der Waals surface area contributed by atoms with Crippen LogP contribution >= 0.6 is 11.3 Å². The van der Waals surface area contributed by atoms with Gasteiger partial charge in [-0.1, -0.05) is 6.07 Å². The standard InChI is InChI=1S/C24H25N3O5S/c25-21(29)8-18(15-4-5-33-13-15)24-23(31)20(28)7-17(32-24)12-26-9-14-6-16(11-26)19-2-1-3-22(30)27(19)10-14/h1-5,7,13-14,16,18,31H,6,8-12H2,(H2,25,29). The number of hydrogen-bond donors (Lipinski definition) is 2. The molecule has 2 bridgehead atoms. The van der Waals surface area contributed by atoms with E-state index in [1.165, 1.54) is 17.4 Å². The maximum Gasteiger partial charge on any atom is 0.250 e. The number of rotatable bonds is 6. The minimum absolute atomic E-state index is 0.0405. The van der Waals surface area contributed by atoms with Gasteiger partial charge in [0.05, 0.1) is 12.5 Å². The SMILES string of the molecule is NC(=O)CC(c1ccsc1)c1oc(CN2CC3CC(C2)c2cccc(=O)n2C3)cc(=O)c1O. The van der Waals surface area contributed by atoms with Crippen molar-refractivity contribution in [2.24, 2.45) is 11.7 Å². The lowest BCUT2D eigenvalue weighted by molar-refractivity contribution is -0.118. The Kier molecular flexibility index (Phi) is 5.67. The third-order valence-electron chi connectivity index (χ3n) is 6.60. The zero-order valence-electron chi connectivity index (χ0n) is 18.0. The fourth-order valence-corrected chi connectivity index (χ4v) is 5.96. The van der Waals surface area contributed by atoms with Crippen molar-refractivity contribution in [2.75, 3.05) is 13.1 Å². The fourth-order valence-electron chi connectivity index (χ4n) is 5.25. The van der Waals surface area contributed by atoms with Crippen molar-refractivity contribution in [3.63, 3.8) is 0 Å². The van der Waals surface area contributed by atoms with E-state index in [0.29, 0.717) is 24.8 Å². The van der Waals surface area contributed by atoms with Crippen LogP contribution in [0.4, 0.5) is 0 Å². The predicted molar refractivity (Wildman–Crippen MR) is 123 cm³/mol. The molecule has 33 heavy (non-hydrogen) atoms. The van der Waals surface area contributed by atoms with Gasteiger partial charge in [0.15, 0.2) is 5.76 Å². The summed E-state index contributed by atoms with van der Waals surface area (Å²) in [7, 11) is 0. The molecule has 3 unspecified atom stereocenters. The first-order valence-corrected chi connectivity index (χ1v) is 11.9. The van der Waals surface area contributed by atoms with Crippen LogP contribution in [0.1, 0.15) is 47.5 Å². The molecule has 5 heterocycles. The van der Waals surface area contributed by atoms with E-state index >= 15 is 0 Å². The highest BCUT2D eigenvalue weighted by atomic mass is 32.1. The number of hydrogen-bond acceptors (Lipinski definition) is 7. The number of aromatic hydroxyl groups is 1. The number of carbonyl (C=O) groups is 1. The number of amides is 1. The molecule has 0 radical (unpaired) electrons. The minimum Gasteiger partial charge on any atom is -0.502 e. The van der Waals surface area contributed by atoms with Gasteiger partial charge in [-0.15, -0.1) is 0 Å². The molecule has 8 nitrogen and oxygen atoms in total. The molecule has 9 heteroatoms. The molecular formula is C24H25N3O5S. The van der Waals surface area contributed by atoms with Gasteiger partial charge in [-0.05, 0) is 40.8 Å². The topological polar surface area (TPSA) is 119 Å². The molecule has 5 rings (SSSR count). The molecule has 1 saturated heterocycles. The van der Waals surface area contributed by atoms with E-state index in [1.54, 1.807) is 6.07 Å². The van der Waals surface area contributed by atoms with Gasteiger partial charge in [0, 0.05) is 49.8 Å². The van der Waals surface area contributed by atoms with Crippen LogP contribution < -0.4 is 16.7 Å². The van der Waals surface area contributed by atoms with Crippen molar-refractivity contribution in [1.29, 1.82) is 0 Å². The van der Waals surface area contributed by atoms with Crippen LogP contribution in [0.2, 0.25) is 0 Å². The quantitative estimate of drug-likeness (QED) is 0.574. The van der Waals surface area contributed by atoms with Crippen molar-refractivity contribution < 1.29 is 14.3 Å². The van der Waals surface area contributed by atoms with Crippen LogP contribution in [0, 0.1) is 5.92 Å². The van der Waals surface area contributed by atoms with Gasteiger partial charge in [-0.3, -0.25) is 19.3 Å². The number of pyridine rings is 1. The van der Waals surface area contributed by atoms with E-state index in [-0.39, 0.29) is 23.7 Å². The van der Waals surface area contributed by atoms with Crippen LogP contribution in [-0.4, -0.2) is 33.6 Å². The van der Waals surface area contributed by atoms with E-state index in [1.807, 2.05) is 33.5 Å². The maximum absolute atomic E-state index is 12.6. The van der Waals surface area contributed by atoms with E-state index < -0.39 is 23.0 Å². The zero-order chi connectivity index (χ0) is 23.1. The monoisotopic (exact) mass is 467 g/mol. The number of piperidine rings is 1. The molecule has 1 fully saturated rings. The van der Waals surface area contributed by atoms with Gasteiger partial charge >= 0.3 is 0 Å². The highest BCUT2D eigenvalue weighted by Gasteiger charge is 2.35. The minimum atomic E-state index is -0.624. The molecule has 1 amide bonds. The van der Waals surface area contributed by atoms with Crippen LogP contribution in [0.25, 0.3) is 0 Å². The lowest BCUT2D eigenvalue weighted by Gasteiger charge is -2.42. The van der Waals surface area contributed by atoms with Crippen LogP contribution in [0.15, 0.2) is 55.1 Å². The van der Waals surface area contributed by atoms with Gasteiger partial charge in [0.1, 0.15) is 5.76 Å². The molecule has 3 aromatic heterocycles. The van der Waals surface area contributed by atoms with Gasteiger partial charge in [-0.25, -0.2) is 0 Å². The van der Waals surface area contributed by atoms with Crippen molar-refractivity contribution in [3.8, 4) is 5.75 Å². The molecule has 0 aromatic carbocycles. The molecular weight excluding hydrogens is 442 g/mol. The summed E-state index contributed by atoms with van der Waals surface area (Å²) in [4.78, 5) is 38.8. The highest BCUT2D eigenvalue weighted by Crippen LogP contribution is 2.37. The van der Waals surface area contributed by atoms with Gasteiger partial charge < -0.3 is 19.8 Å². The van der Waals surface area contributed by atoms with Crippen molar-refractivity contribution >= 4 is 17.2 Å². The normalized spacial score (nSPS) is 20.8. The fraction of sp³-hybridized carbons (Fsp3) is 0.375. The predicted octanol–water partition coefficient (Wildman–Crippen LogP) is 2.20. The average molecular weight is 468 g/mol. The second kappa shape index (κ2) is 8.64. The third kappa shape index (κ3) is 4.26. The maximum atomic E-state index is 12.6. The average Bonchev–Trinajstić information content (AvgIpc) is 3.30. The molecule has 0 spiro atoms. The number of thiophene rings is 1. The molecule has 0 aliphatic carbocycles. The molecule has 3 N–H and O–H groups in total. The van der Waals surface area contributed by atoms with Crippen LogP contribution in [0.3, 0.4) is 0 Å². The summed E-state index contributed by atoms with van der Waals surface area (Å²) in [6.07, 6.45) is 0.958. The summed E-state index contributed by atoms with van der Waals surface area (Å²) < 4.78 is 7.92. The number of carbonyl (C=O) groups excluding carboxylic acids is 1. The van der Waals surface area contributed by atoms with E-state index in [4.69, 9.17) is 10.2 Å². The first-order chi connectivity index (χ1) is 15.9. The lowest BCUT2D eigenvalue weighted by Crippen LogP contribution is -2.46. The zero-order valence-corrected chi connectivity index (χ0v) is 18.8. The highest BCUT2D eigenvalue weighted by molar-refractivity contribution is 7.08. The second-order valence-electron chi connectivity index (χ2n) is 8.96. The van der Waals surface area contributed by atoms with Crippen molar-refractivity contribution in [2.45, 2.75) is 37.8 Å². The van der Waals surface area contributed by atoms with Gasteiger partial charge in [0.2, 0.25) is 17.1 Å². The number of nitrogens with zero attached hydrogens (tertiary/aromatic N) is 2. The smallest absolute Gasteiger partial charge is 0.250 e. The Morgan fingerprint density at radius 1 is 1.24 bits per heavy atom. The van der Waals surface area contributed by atoms with E-state index in [0.717, 1.165) is 30.8 Å². The summed E-state index contributed by atoms with van der Waals surface area (Å²) in [6, 6.07) is 8.57. The van der Waals surface area contributed by atoms with Gasteiger partial charge in [0.25, 0.3) is 5.56 Å². The lowest BCUT2D eigenvalue weighted by atomic mass is 9.83. The van der Waals surface area contributed by atoms with Crippen LogP contribution in [0.5, 0.6) is 5.75 Å². The number of likely N-dealkylation sites (tertiary alicyclic amines) is 1. The van der Waals surface area contributed by atoms with Crippen molar-refractivity contribution in [3.05, 3.63) is 84.4 Å². The molecule has 3 aromatic rings. The summed E-state index contributed by atoms with van der Waals surface area (Å²) in [6.45, 7) is 2.62. The number of aromatic nitrogens is 1. The Hall–Kier alpha value is -3.17. The largest absolute Gasteiger partial charge is 0.502 e. The first kappa shape index (κ1) is 21.7. The van der Waals surface area contributed by atoms with Gasteiger partial charge in [-0.2, -0.15) is 11.3 Å². The number of nitrogens with two attached hydrogens (primary N) is 1. The summed E-state index contributed by atoms with van der Waals surface area (Å²) >= 11 is 1.45. The molecule has 2 aliphatic rings. The summed E-state index contributed by atoms with van der Waals surface area (Å²) in [5.41, 5.74) is 6.77. The van der Waals surface area contributed by atoms with Crippen molar-refractivity contribution in [1.82, 2.24) is 9.47 Å². The molecule has 2 aliphatic heterocycles. The number of fused-ring (bicyclic) bond motifs is 4. The summed E-state index contributed by atoms with van der Waals surface area (Å²) in [5.74, 6) is -0.569. The number of primary amides is 1. The molecule has 3 atom stereocenters.